The number of rotatable bonds is 48. The molecule has 0 aromatic heterocycles. The van der Waals surface area contributed by atoms with Crippen LogP contribution in [-0.4, -0.2) is 98.9 Å². The van der Waals surface area contributed by atoms with Gasteiger partial charge in [0.1, 0.15) is 42.7 Å². The van der Waals surface area contributed by atoms with Gasteiger partial charge in [0.05, 0.1) is 13.2 Å². The van der Waals surface area contributed by atoms with Gasteiger partial charge in [-0.15, -0.1) is 0 Å². The number of ether oxygens (including phenoxy) is 2. The summed E-state index contributed by atoms with van der Waals surface area (Å²) >= 11 is 0. The number of aliphatic hydroxyl groups is 5. The van der Waals surface area contributed by atoms with Gasteiger partial charge in [-0.1, -0.05) is 204 Å². The van der Waals surface area contributed by atoms with E-state index in [1.165, 1.54) is 167 Å². The Kier molecular flexibility index (Phi) is 43.1. The van der Waals surface area contributed by atoms with Crippen LogP contribution in [0.15, 0.2) is 36.5 Å². The van der Waals surface area contributed by atoms with Crippen LogP contribution in [0.1, 0.15) is 245 Å². The minimum absolute atomic E-state index is 0.0778. The second-order valence-corrected chi connectivity index (χ2v) is 20.8. The van der Waals surface area contributed by atoms with E-state index >= 15 is 0 Å². The first kappa shape index (κ1) is 64.6. The van der Waals surface area contributed by atoms with Crippen LogP contribution >= 0.6 is 7.82 Å². The van der Waals surface area contributed by atoms with Crippen LogP contribution in [-0.2, 0) is 27.9 Å². The molecule has 0 aromatic rings. The Hall–Kier alpha value is -1.44. The summed E-state index contributed by atoms with van der Waals surface area (Å²) in [6.45, 7) is 4.27. The number of allylic oxidation sites excluding steroid dienone is 6. The molecule has 400 valence electrons. The highest BCUT2D eigenvalue weighted by Crippen LogP contribution is 2.47. The van der Waals surface area contributed by atoms with Crippen molar-refractivity contribution in [3.8, 4) is 0 Å². The Labute approximate surface area is 414 Å². The highest BCUT2D eigenvalue weighted by molar-refractivity contribution is 7.47. The average molecular weight is 987 g/mol. The zero-order valence-corrected chi connectivity index (χ0v) is 44.1. The molecule has 0 heterocycles. The molecule has 0 aliphatic heterocycles. The van der Waals surface area contributed by atoms with Crippen molar-refractivity contribution in [2.75, 3.05) is 19.8 Å². The van der Waals surface area contributed by atoms with E-state index in [4.69, 9.17) is 18.5 Å². The van der Waals surface area contributed by atoms with Gasteiger partial charge in [0.25, 0.3) is 0 Å². The molecule has 12 nitrogen and oxygen atoms in total. The molecule has 0 saturated heterocycles. The molecule has 0 amide bonds. The minimum atomic E-state index is -5.03. The first-order chi connectivity index (χ1) is 33.0. The maximum atomic E-state index is 12.9. The van der Waals surface area contributed by atoms with Crippen LogP contribution in [0.25, 0.3) is 0 Å². The minimum Gasteiger partial charge on any atom is -0.457 e. The van der Waals surface area contributed by atoms with Gasteiger partial charge in [-0.25, -0.2) is 4.57 Å². The molecule has 6 unspecified atom stereocenters. The number of aliphatic hydroxyl groups excluding tert-OH is 5. The van der Waals surface area contributed by atoms with Gasteiger partial charge in [-0.2, -0.15) is 0 Å². The second kappa shape index (κ2) is 45.4. The van der Waals surface area contributed by atoms with E-state index in [9.17, 15) is 39.8 Å². The monoisotopic (exact) mass is 987 g/mol. The van der Waals surface area contributed by atoms with Gasteiger partial charge >= 0.3 is 13.8 Å². The number of unbranched alkanes of at least 4 members (excludes halogenated alkanes) is 30. The lowest BCUT2D eigenvalue weighted by Crippen LogP contribution is -2.64. The van der Waals surface area contributed by atoms with Crippen molar-refractivity contribution in [2.24, 2.45) is 0 Å². The summed E-state index contributed by atoms with van der Waals surface area (Å²) in [6, 6.07) is 0. The van der Waals surface area contributed by atoms with E-state index in [1.807, 2.05) is 0 Å². The van der Waals surface area contributed by atoms with E-state index in [-0.39, 0.29) is 13.0 Å². The predicted molar refractivity (Wildman–Crippen MR) is 276 cm³/mol. The van der Waals surface area contributed by atoms with Crippen LogP contribution < -0.4 is 0 Å². The Morgan fingerprint density at radius 1 is 0.471 bits per heavy atom. The van der Waals surface area contributed by atoms with E-state index < -0.39 is 63.1 Å². The Bertz CT molecular complexity index is 1260. The topological polar surface area (TPSA) is 192 Å². The highest BCUT2D eigenvalue weighted by atomic mass is 31.2. The Morgan fingerprint density at radius 3 is 1.28 bits per heavy atom. The van der Waals surface area contributed by atoms with Crippen LogP contribution in [0.3, 0.4) is 0 Å². The van der Waals surface area contributed by atoms with Crippen LogP contribution in [0, 0.1) is 0 Å². The van der Waals surface area contributed by atoms with E-state index in [2.05, 4.69) is 50.3 Å². The number of hydrogen-bond donors (Lipinski definition) is 6. The zero-order valence-electron chi connectivity index (χ0n) is 43.2. The summed E-state index contributed by atoms with van der Waals surface area (Å²) in [6.07, 6.45) is 43.5. The number of hydrogen-bond acceptors (Lipinski definition) is 11. The van der Waals surface area contributed by atoms with Gasteiger partial charge in [0.2, 0.25) is 0 Å². The van der Waals surface area contributed by atoms with E-state index in [0.29, 0.717) is 13.0 Å². The van der Waals surface area contributed by atoms with Crippen LogP contribution in [0.5, 0.6) is 0 Å². The van der Waals surface area contributed by atoms with E-state index in [1.54, 1.807) is 0 Å². The lowest BCUT2D eigenvalue weighted by molar-refractivity contribution is -0.220. The Balaban J connectivity index is 2.30. The number of phosphoric ester groups is 1. The van der Waals surface area contributed by atoms with Crippen LogP contribution in [0.2, 0.25) is 0 Å². The molecule has 68 heavy (non-hydrogen) atoms. The highest BCUT2D eigenvalue weighted by Gasteiger charge is 2.51. The third-order valence-corrected chi connectivity index (χ3v) is 14.0. The molecule has 13 heteroatoms. The Morgan fingerprint density at radius 2 is 0.824 bits per heavy atom. The van der Waals surface area contributed by atoms with Gasteiger partial charge in [0, 0.05) is 13.0 Å². The van der Waals surface area contributed by atoms with E-state index in [0.717, 1.165) is 51.4 Å². The third kappa shape index (κ3) is 36.5. The molecule has 6 atom stereocenters. The number of phosphoric acid groups is 1. The van der Waals surface area contributed by atoms with Gasteiger partial charge in [-0.05, 0) is 70.6 Å². The van der Waals surface area contributed by atoms with Crippen molar-refractivity contribution in [1.82, 2.24) is 0 Å². The molecule has 0 spiro atoms. The fourth-order valence-corrected chi connectivity index (χ4v) is 9.53. The SMILES string of the molecule is CCCCC/C=C\C/C=C\CCCCCCCCCCCCOCC(COP(=O)(O)OC1C(O)C(O)C(O)C(O)C1O)OC(=O)CCCCCCCCCCC/C=C\CCCCCCCCCC. The first-order valence-electron chi connectivity index (χ1n) is 27.8. The van der Waals surface area contributed by atoms with Crippen molar-refractivity contribution in [2.45, 2.75) is 288 Å². The molecule has 1 aliphatic carbocycles. The number of esters is 1. The maximum absolute atomic E-state index is 12.9. The number of carbonyl (C=O) groups excluding carboxylic acids is 1. The average Bonchev–Trinajstić information content (AvgIpc) is 3.32. The summed E-state index contributed by atoms with van der Waals surface area (Å²) in [7, 11) is -5.03. The molecular weight excluding hydrogens is 884 g/mol. The summed E-state index contributed by atoms with van der Waals surface area (Å²) in [4.78, 5) is 23.3. The summed E-state index contributed by atoms with van der Waals surface area (Å²) in [5.41, 5.74) is 0. The molecule has 6 N–H and O–H groups in total. The van der Waals surface area contributed by atoms with Crippen LogP contribution in [0.4, 0.5) is 0 Å². The van der Waals surface area contributed by atoms with Crippen molar-refractivity contribution in [3.63, 3.8) is 0 Å². The fraction of sp³-hybridized carbons (Fsp3) is 0.873. The molecule has 1 saturated carbocycles. The summed E-state index contributed by atoms with van der Waals surface area (Å²) < 4.78 is 34.4. The molecule has 1 rings (SSSR count). The van der Waals surface area contributed by atoms with Gasteiger partial charge in [0.15, 0.2) is 0 Å². The molecule has 0 bridgehead atoms. The molecular formula is C55H103O12P. The molecule has 0 radical (unpaired) electrons. The van der Waals surface area contributed by atoms with Crippen molar-refractivity contribution in [3.05, 3.63) is 36.5 Å². The molecule has 1 aliphatic rings. The number of carbonyl (C=O) groups is 1. The predicted octanol–water partition coefficient (Wildman–Crippen LogP) is 13.0. The molecule has 0 aromatic carbocycles. The fourth-order valence-electron chi connectivity index (χ4n) is 8.56. The summed E-state index contributed by atoms with van der Waals surface area (Å²) in [5.74, 6) is -0.477. The molecule has 1 fully saturated rings. The standard InChI is InChI=1S/C55H103O12P/c1-3-5-7-9-11-13-15-17-19-21-23-25-26-28-30-32-34-36-38-40-42-44-49(56)66-48(47-65-68(62,63)67-55-53(60)51(58)50(57)52(59)54(55)61)46-64-45-43-41-39-37-35-33-31-29-27-24-22-20-18-16-14-12-10-8-6-4-2/h12,14,18,20-21,23,48,50-55,57-61H,3-11,13,15-17,19,22,24-47H2,1-2H3,(H,62,63)/b14-12-,20-18-,23-21-. The maximum Gasteiger partial charge on any atom is 0.472 e. The smallest absolute Gasteiger partial charge is 0.457 e. The normalized spacial score (nSPS) is 21.4. The zero-order chi connectivity index (χ0) is 49.8. The third-order valence-electron chi connectivity index (χ3n) is 13.0. The quantitative estimate of drug-likeness (QED) is 0.0147. The van der Waals surface area contributed by atoms with Gasteiger partial charge in [-0.3, -0.25) is 13.8 Å². The first-order valence-corrected chi connectivity index (χ1v) is 29.3. The lowest BCUT2D eigenvalue weighted by Gasteiger charge is -2.41. The lowest BCUT2D eigenvalue weighted by atomic mass is 9.85. The second-order valence-electron chi connectivity index (χ2n) is 19.4. The van der Waals surface area contributed by atoms with Crippen molar-refractivity contribution in [1.29, 1.82) is 0 Å². The summed E-state index contributed by atoms with van der Waals surface area (Å²) in [5, 5.41) is 50.4. The van der Waals surface area contributed by atoms with Crippen molar-refractivity contribution >= 4 is 13.8 Å². The largest absolute Gasteiger partial charge is 0.472 e. The van der Waals surface area contributed by atoms with Crippen molar-refractivity contribution < 1.29 is 58.3 Å². The van der Waals surface area contributed by atoms with Gasteiger partial charge < -0.3 is 39.9 Å².